The molecule has 0 saturated carbocycles. The van der Waals surface area contributed by atoms with E-state index >= 15 is 0 Å². The molecule has 5 heterocycles. The number of aromatic nitrogens is 4. The number of thiophene rings is 1. The molecule has 1 aromatic carbocycles. The second-order valence-electron chi connectivity index (χ2n) is 10.5. The average Bonchev–Trinajstić information content (AvgIpc) is 3.61. The molecule has 206 valence electrons. The molecule has 12 heteroatoms. The molecule has 2 saturated heterocycles. The number of carbonyl (C=O) groups excluding carboxylic acids is 1. The Morgan fingerprint density at radius 2 is 1.87 bits per heavy atom. The van der Waals surface area contributed by atoms with Crippen LogP contribution in [-0.2, 0) is 11.3 Å². The standard InChI is InChI=1S/C27H35N9O2S/c1-33-8-10-35(11-9-33)18-19-16-23-25(39-19)27(36-14-12-34(13-15-36)7-3-6-24(37)32-38)30-26(29-23)20-4-2-5-22-21(20)17-28-31-22/h2,4-5,16-17,38H,3,6-15,18H2,1H3,(H,28,31)(H,32,37). The number of hydroxylamine groups is 1. The smallest absolute Gasteiger partial charge is 0.243 e. The van der Waals surface area contributed by atoms with Gasteiger partial charge in [-0.1, -0.05) is 12.1 Å². The quantitative estimate of drug-likeness (QED) is 0.225. The summed E-state index contributed by atoms with van der Waals surface area (Å²) < 4.78 is 1.15. The van der Waals surface area contributed by atoms with Crippen LogP contribution in [0, 0.1) is 0 Å². The van der Waals surface area contributed by atoms with Crippen molar-refractivity contribution in [1.82, 2.24) is 40.3 Å². The number of benzene rings is 1. The first-order valence-electron chi connectivity index (χ1n) is 13.6. The SMILES string of the molecule is CN1CCN(Cc2cc3nc(-c4cccc5[nH]ncc45)nc(N4CCN(CCCC(=O)NO)CC4)c3s2)CC1. The summed E-state index contributed by atoms with van der Waals surface area (Å²) in [4.78, 5) is 32.6. The highest BCUT2D eigenvalue weighted by Crippen LogP contribution is 2.36. The fraction of sp³-hybridized carbons (Fsp3) is 0.481. The third-order valence-electron chi connectivity index (χ3n) is 7.78. The van der Waals surface area contributed by atoms with Crippen molar-refractivity contribution in [2.45, 2.75) is 19.4 Å². The van der Waals surface area contributed by atoms with Crippen LogP contribution in [0.4, 0.5) is 5.82 Å². The highest BCUT2D eigenvalue weighted by molar-refractivity contribution is 7.19. The lowest BCUT2D eigenvalue weighted by molar-refractivity contribution is -0.129. The van der Waals surface area contributed by atoms with Gasteiger partial charge in [0.2, 0.25) is 5.91 Å². The number of H-pyrrole nitrogens is 1. The minimum absolute atomic E-state index is 0.331. The second-order valence-corrected chi connectivity index (χ2v) is 11.6. The van der Waals surface area contributed by atoms with E-state index in [4.69, 9.17) is 15.2 Å². The van der Waals surface area contributed by atoms with E-state index in [1.807, 2.05) is 29.7 Å². The maximum atomic E-state index is 11.4. The number of hydrogen-bond acceptors (Lipinski definition) is 10. The van der Waals surface area contributed by atoms with Crippen molar-refractivity contribution >= 4 is 44.2 Å². The zero-order chi connectivity index (χ0) is 26.8. The molecule has 3 aromatic heterocycles. The van der Waals surface area contributed by atoms with Crippen LogP contribution in [-0.4, -0.2) is 112 Å². The van der Waals surface area contributed by atoms with Gasteiger partial charge < -0.3 is 9.80 Å². The van der Waals surface area contributed by atoms with Gasteiger partial charge in [0.05, 0.1) is 21.9 Å². The Balaban J connectivity index is 1.28. The van der Waals surface area contributed by atoms with E-state index in [9.17, 15) is 4.79 Å². The van der Waals surface area contributed by atoms with Crippen molar-refractivity contribution in [3.63, 3.8) is 0 Å². The van der Waals surface area contributed by atoms with Crippen LogP contribution in [0.2, 0.25) is 0 Å². The molecule has 0 atom stereocenters. The molecule has 0 bridgehead atoms. The number of piperazine rings is 2. The third kappa shape index (κ3) is 5.75. The first kappa shape index (κ1) is 26.1. The molecular weight excluding hydrogens is 514 g/mol. The molecule has 0 unspecified atom stereocenters. The molecule has 0 aliphatic carbocycles. The fourth-order valence-corrected chi connectivity index (χ4v) is 6.62. The van der Waals surface area contributed by atoms with Crippen molar-refractivity contribution in [3.05, 3.63) is 35.3 Å². The van der Waals surface area contributed by atoms with E-state index in [2.05, 4.69) is 49.0 Å². The van der Waals surface area contributed by atoms with Gasteiger partial charge in [0.1, 0.15) is 0 Å². The summed E-state index contributed by atoms with van der Waals surface area (Å²) in [6.07, 6.45) is 2.90. The van der Waals surface area contributed by atoms with Crippen LogP contribution in [0.25, 0.3) is 32.5 Å². The van der Waals surface area contributed by atoms with Crippen molar-refractivity contribution < 1.29 is 10.0 Å². The number of nitrogens with one attached hydrogen (secondary N) is 2. The Kier molecular flexibility index (Phi) is 7.71. The van der Waals surface area contributed by atoms with Gasteiger partial charge in [-0.25, -0.2) is 15.4 Å². The van der Waals surface area contributed by atoms with E-state index in [0.29, 0.717) is 6.42 Å². The number of fused-ring (bicyclic) bond motifs is 2. The topological polar surface area (TPSA) is 117 Å². The summed E-state index contributed by atoms with van der Waals surface area (Å²) in [7, 11) is 2.19. The number of carbonyl (C=O) groups is 1. The zero-order valence-electron chi connectivity index (χ0n) is 22.3. The number of amides is 1. The van der Waals surface area contributed by atoms with Crippen LogP contribution in [0.1, 0.15) is 17.7 Å². The lowest BCUT2D eigenvalue weighted by Gasteiger charge is -2.35. The largest absolute Gasteiger partial charge is 0.353 e. The van der Waals surface area contributed by atoms with Gasteiger partial charge in [-0.2, -0.15) is 5.10 Å². The van der Waals surface area contributed by atoms with Gasteiger partial charge in [-0.3, -0.25) is 24.9 Å². The summed E-state index contributed by atoms with van der Waals surface area (Å²) in [5.74, 6) is 1.40. The number of anilines is 1. The monoisotopic (exact) mass is 549 g/mol. The molecule has 4 aromatic rings. The fourth-order valence-electron chi connectivity index (χ4n) is 5.47. The van der Waals surface area contributed by atoms with Gasteiger partial charge in [0.15, 0.2) is 11.6 Å². The van der Waals surface area contributed by atoms with E-state index in [0.717, 1.165) is 110 Å². The molecule has 0 radical (unpaired) electrons. The highest BCUT2D eigenvalue weighted by atomic mass is 32.1. The third-order valence-corrected chi connectivity index (χ3v) is 8.89. The van der Waals surface area contributed by atoms with Crippen molar-refractivity contribution in [3.8, 4) is 11.4 Å². The second kappa shape index (κ2) is 11.5. The van der Waals surface area contributed by atoms with Crippen molar-refractivity contribution in [1.29, 1.82) is 0 Å². The summed E-state index contributed by atoms with van der Waals surface area (Å²) in [5, 5.41) is 17.1. The highest BCUT2D eigenvalue weighted by Gasteiger charge is 2.24. The zero-order valence-corrected chi connectivity index (χ0v) is 23.1. The summed E-state index contributed by atoms with van der Waals surface area (Å²) in [6.45, 7) is 9.67. The lowest BCUT2D eigenvalue weighted by atomic mass is 10.1. The Labute approximate surface area is 231 Å². The van der Waals surface area contributed by atoms with Gasteiger partial charge in [-0.05, 0) is 32.1 Å². The molecule has 6 rings (SSSR count). The number of rotatable bonds is 8. The average molecular weight is 550 g/mol. The predicted molar refractivity (Wildman–Crippen MR) is 153 cm³/mol. The van der Waals surface area contributed by atoms with Crippen molar-refractivity contribution in [2.24, 2.45) is 0 Å². The Morgan fingerprint density at radius 1 is 1.08 bits per heavy atom. The molecule has 2 aliphatic heterocycles. The van der Waals surface area contributed by atoms with Gasteiger partial charge in [0.25, 0.3) is 0 Å². The number of aromatic amines is 1. The maximum absolute atomic E-state index is 11.4. The minimum atomic E-state index is -0.331. The van der Waals surface area contributed by atoms with Crippen LogP contribution in [0.5, 0.6) is 0 Å². The predicted octanol–water partition coefficient (Wildman–Crippen LogP) is 2.39. The molecule has 0 spiro atoms. The van der Waals surface area contributed by atoms with Crippen LogP contribution in [0.15, 0.2) is 30.5 Å². The molecule has 2 fully saturated rings. The van der Waals surface area contributed by atoms with E-state index < -0.39 is 0 Å². The summed E-state index contributed by atoms with van der Waals surface area (Å²) in [5.41, 5.74) is 4.68. The lowest BCUT2D eigenvalue weighted by Crippen LogP contribution is -2.47. The Bertz CT molecular complexity index is 1440. The molecule has 39 heavy (non-hydrogen) atoms. The van der Waals surface area contributed by atoms with E-state index in [1.54, 1.807) is 5.48 Å². The first-order chi connectivity index (χ1) is 19.1. The molecule has 1 amide bonds. The number of likely N-dealkylation sites (N-methyl/N-ethyl adjacent to an activating group) is 1. The molecule has 11 nitrogen and oxygen atoms in total. The van der Waals surface area contributed by atoms with Gasteiger partial charge in [-0.15, -0.1) is 11.3 Å². The first-order valence-corrected chi connectivity index (χ1v) is 14.4. The van der Waals surface area contributed by atoms with Crippen molar-refractivity contribution in [2.75, 3.05) is 70.9 Å². The van der Waals surface area contributed by atoms with E-state index in [-0.39, 0.29) is 5.91 Å². The minimum Gasteiger partial charge on any atom is -0.353 e. The molecule has 2 aliphatic rings. The summed E-state index contributed by atoms with van der Waals surface area (Å²) >= 11 is 1.82. The Hall–Kier alpha value is -3.16. The van der Waals surface area contributed by atoms with Gasteiger partial charge in [0, 0.05) is 81.2 Å². The number of nitrogens with zero attached hydrogens (tertiary/aromatic N) is 7. The number of hydrogen-bond donors (Lipinski definition) is 3. The van der Waals surface area contributed by atoms with Crippen LogP contribution < -0.4 is 10.4 Å². The van der Waals surface area contributed by atoms with E-state index in [1.165, 1.54) is 4.88 Å². The molecular formula is C27H35N9O2S. The normalized spacial score (nSPS) is 17.8. The molecule has 3 N–H and O–H groups in total. The van der Waals surface area contributed by atoms with Gasteiger partial charge >= 0.3 is 0 Å². The summed E-state index contributed by atoms with van der Waals surface area (Å²) in [6, 6.07) is 8.37. The van der Waals surface area contributed by atoms with Crippen LogP contribution >= 0.6 is 11.3 Å². The maximum Gasteiger partial charge on any atom is 0.243 e. The van der Waals surface area contributed by atoms with Crippen LogP contribution in [0.3, 0.4) is 0 Å². The Morgan fingerprint density at radius 3 is 2.67 bits per heavy atom.